The van der Waals surface area contributed by atoms with Gasteiger partial charge in [0.2, 0.25) is 0 Å². The van der Waals surface area contributed by atoms with Gasteiger partial charge in [-0.1, -0.05) is 26.2 Å². The van der Waals surface area contributed by atoms with Crippen molar-refractivity contribution in [3.05, 3.63) is 71.0 Å². The Morgan fingerprint density at radius 2 is 1.52 bits per heavy atom. The van der Waals surface area contributed by atoms with Gasteiger partial charge < -0.3 is 18.9 Å². The second-order valence-corrected chi connectivity index (χ2v) is 10.7. The van der Waals surface area contributed by atoms with Crippen LogP contribution in [0.25, 0.3) is 0 Å². The molecule has 4 rings (SSSR count). The highest BCUT2D eigenvalue weighted by Crippen LogP contribution is 2.42. The van der Waals surface area contributed by atoms with Crippen molar-refractivity contribution in [1.82, 2.24) is 0 Å². The van der Waals surface area contributed by atoms with E-state index in [4.69, 9.17) is 9.47 Å². The number of ether oxygens (including phenoxy) is 4. The van der Waals surface area contributed by atoms with Crippen molar-refractivity contribution < 1.29 is 54.1 Å². The van der Waals surface area contributed by atoms with Crippen LogP contribution in [0.2, 0.25) is 0 Å². The van der Waals surface area contributed by atoms with Crippen molar-refractivity contribution >= 4 is 0 Å². The summed E-state index contributed by atoms with van der Waals surface area (Å²) >= 11 is 0. The second-order valence-electron chi connectivity index (χ2n) is 10.7. The maximum atomic E-state index is 14.9. The highest BCUT2D eigenvalue weighted by atomic mass is 19.3. The topological polar surface area (TPSA) is 36.9 Å². The third kappa shape index (κ3) is 7.94. The Morgan fingerprint density at radius 3 is 2.10 bits per heavy atom. The maximum absolute atomic E-state index is 14.9. The molecule has 1 aliphatic carbocycles. The number of hydrogen-bond donors (Lipinski definition) is 0. The Balaban J connectivity index is 1.36. The van der Waals surface area contributed by atoms with Crippen LogP contribution in [-0.4, -0.2) is 19.5 Å². The smallest absolute Gasteiger partial charge is 0.429 e. The number of benzene rings is 2. The molecule has 232 valence electrons. The lowest BCUT2D eigenvalue weighted by Crippen LogP contribution is -2.38. The van der Waals surface area contributed by atoms with E-state index in [2.05, 4.69) is 16.4 Å². The summed E-state index contributed by atoms with van der Waals surface area (Å²) in [6, 6.07) is 0.769. The Kier molecular flexibility index (Phi) is 10.7. The Bertz CT molecular complexity index is 1210. The molecule has 1 heterocycles. The highest BCUT2D eigenvalue weighted by molar-refractivity contribution is 5.36. The first kappa shape index (κ1) is 32.1. The summed E-state index contributed by atoms with van der Waals surface area (Å²) < 4.78 is 131. The lowest BCUT2D eigenvalue weighted by atomic mass is 9.78. The van der Waals surface area contributed by atoms with E-state index in [-0.39, 0.29) is 29.8 Å². The Hall–Kier alpha value is -2.86. The summed E-state index contributed by atoms with van der Waals surface area (Å²) in [4.78, 5) is 0. The van der Waals surface area contributed by atoms with E-state index in [0.29, 0.717) is 56.9 Å². The van der Waals surface area contributed by atoms with Gasteiger partial charge in [-0.05, 0) is 67.9 Å². The van der Waals surface area contributed by atoms with E-state index in [1.54, 1.807) is 0 Å². The Morgan fingerprint density at radius 1 is 0.881 bits per heavy atom. The summed E-state index contributed by atoms with van der Waals surface area (Å²) in [6.45, 7) is 3.43. The molecular formula is C30H32F8O4. The molecule has 0 N–H and O–H groups in total. The quantitative estimate of drug-likeness (QED) is 0.145. The molecule has 0 aromatic heterocycles. The number of hydrogen-bond acceptors (Lipinski definition) is 4. The minimum Gasteiger partial charge on any atom is -0.429 e. The molecule has 0 atom stereocenters. The summed E-state index contributed by atoms with van der Waals surface area (Å²) in [5, 5.41) is 0. The molecular weight excluding hydrogens is 576 g/mol. The molecule has 1 saturated carbocycles. The molecule has 0 spiro atoms. The Labute approximate surface area is 238 Å². The summed E-state index contributed by atoms with van der Waals surface area (Å²) in [5.41, 5.74) is -1.45. The van der Waals surface area contributed by atoms with Crippen molar-refractivity contribution in [2.75, 3.05) is 13.2 Å². The number of alkyl halides is 2. The van der Waals surface area contributed by atoms with Gasteiger partial charge in [-0.2, -0.15) is 22.0 Å². The van der Waals surface area contributed by atoms with Crippen LogP contribution in [0.3, 0.4) is 0 Å². The molecule has 0 radical (unpaired) electrons. The van der Waals surface area contributed by atoms with Gasteiger partial charge in [-0.25, -0.2) is 13.2 Å². The van der Waals surface area contributed by atoms with E-state index in [9.17, 15) is 35.1 Å². The predicted octanol–water partition coefficient (Wildman–Crippen LogP) is 9.49. The van der Waals surface area contributed by atoms with Gasteiger partial charge >= 0.3 is 18.2 Å². The first-order chi connectivity index (χ1) is 20.0. The van der Waals surface area contributed by atoms with Crippen molar-refractivity contribution in [2.45, 2.75) is 76.6 Å². The fourth-order valence-electron chi connectivity index (χ4n) is 5.47. The highest BCUT2D eigenvalue weighted by Gasteiger charge is 2.42. The van der Waals surface area contributed by atoms with Gasteiger partial charge in [0.1, 0.15) is 22.9 Å². The van der Waals surface area contributed by atoms with Crippen LogP contribution in [0.4, 0.5) is 35.1 Å². The van der Waals surface area contributed by atoms with Crippen LogP contribution in [0.15, 0.2) is 42.4 Å². The molecule has 0 unspecified atom stereocenters. The average molecular weight is 609 g/mol. The van der Waals surface area contributed by atoms with Gasteiger partial charge in [0.05, 0.1) is 13.2 Å². The van der Waals surface area contributed by atoms with Gasteiger partial charge in [0.15, 0.2) is 17.9 Å². The third-order valence-electron chi connectivity index (χ3n) is 7.69. The fourth-order valence-corrected chi connectivity index (χ4v) is 5.47. The summed E-state index contributed by atoms with van der Waals surface area (Å²) in [6.07, 6.45) is -0.735. The van der Waals surface area contributed by atoms with Crippen LogP contribution in [0.1, 0.15) is 75.3 Å². The minimum absolute atomic E-state index is 0.130. The van der Waals surface area contributed by atoms with Crippen molar-refractivity contribution in [1.29, 1.82) is 0 Å². The molecule has 0 bridgehead atoms. The predicted molar refractivity (Wildman–Crippen MR) is 136 cm³/mol. The molecule has 2 fully saturated rings. The average Bonchev–Trinajstić information content (AvgIpc) is 2.94. The maximum Gasteiger partial charge on any atom is 0.432 e. The normalized spacial score (nSPS) is 23.0. The monoisotopic (exact) mass is 608 g/mol. The molecule has 42 heavy (non-hydrogen) atoms. The first-order valence-electron chi connectivity index (χ1n) is 14.0. The second kappa shape index (κ2) is 14.1. The van der Waals surface area contributed by atoms with E-state index in [0.717, 1.165) is 31.4 Å². The van der Waals surface area contributed by atoms with Crippen LogP contribution in [0, 0.1) is 29.3 Å². The van der Waals surface area contributed by atoms with E-state index >= 15 is 0 Å². The largest absolute Gasteiger partial charge is 0.432 e. The number of unbranched alkanes of at least 4 members (excludes halogenated alkanes) is 2. The molecule has 1 aliphatic heterocycles. The minimum atomic E-state index is -4.57. The number of rotatable bonds is 11. The van der Waals surface area contributed by atoms with Crippen LogP contribution < -0.4 is 9.47 Å². The van der Waals surface area contributed by atoms with Gasteiger partial charge in [-0.15, -0.1) is 0 Å². The van der Waals surface area contributed by atoms with Crippen LogP contribution in [-0.2, 0) is 15.6 Å². The van der Waals surface area contributed by atoms with Gasteiger partial charge in [0.25, 0.3) is 0 Å². The molecule has 0 amide bonds. The van der Waals surface area contributed by atoms with E-state index in [1.807, 2.05) is 0 Å². The van der Waals surface area contributed by atoms with Crippen molar-refractivity contribution in [2.24, 2.45) is 11.8 Å². The zero-order valence-electron chi connectivity index (χ0n) is 22.9. The third-order valence-corrected chi connectivity index (χ3v) is 7.69. The zero-order chi connectivity index (χ0) is 30.4. The van der Waals surface area contributed by atoms with Gasteiger partial charge in [0, 0.05) is 17.9 Å². The fraction of sp³-hybridized carbons (Fsp3) is 0.533. The molecule has 2 aromatic rings. The number of halogens is 8. The molecule has 1 saturated heterocycles. The van der Waals surface area contributed by atoms with Crippen molar-refractivity contribution in [3.8, 4) is 11.5 Å². The lowest BCUT2D eigenvalue weighted by molar-refractivity contribution is -0.229. The molecule has 12 heteroatoms. The van der Waals surface area contributed by atoms with Crippen LogP contribution in [0.5, 0.6) is 11.5 Å². The summed E-state index contributed by atoms with van der Waals surface area (Å²) in [5.74, 6) is -6.32. The van der Waals surface area contributed by atoms with Crippen molar-refractivity contribution in [3.63, 3.8) is 0 Å². The SMILES string of the molecule is CCCCCC1COC(C2CCC(c3cc(F)c(C(F)(F)Oc4ccc(OC(F)=C(F)F)c(F)c4)c(F)c3)CC2)OC1. The van der Waals surface area contributed by atoms with E-state index in [1.165, 1.54) is 6.42 Å². The molecule has 2 aromatic carbocycles. The molecule has 4 nitrogen and oxygen atoms in total. The first-order valence-corrected chi connectivity index (χ1v) is 14.0. The van der Waals surface area contributed by atoms with E-state index < -0.39 is 52.7 Å². The summed E-state index contributed by atoms with van der Waals surface area (Å²) in [7, 11) is 0. The standard InChI is InChI=1S/C30H32F8O4/c1-2-3-4-5-17-15-39-29(40-16-17)19-8-6-18(7-9-19)20-12-23(32)26(24(33)13-20)30(37,38)42-21-10-11-25(22(31)14-21)41-28(36)27(34)35/h10-14,17-19,29H,2-9,15-16H2,1H3. The lowest BCUT2D eigenvalue weighted by Gasteiger charge is -2.37. The zero-order valence-corrected chi connectivity index (χ0v) is 22.9. The van der Waals surface area contributed by atoms with Crippen LogP contribution >= 0.6 is 0 Å². The van der Waals surface area contributed by atoms with Gasteiger partial charge in [-0.3, -0.25) is 0 Å². The molecule has 2 aliphatic rings.